The molecule has 0 spiro atoms. The Bertz CT molecular complexity index is 460. The molecule has 0 bridgehead atoms. The number of hydrogen-bond acceptors (Lipinski definition) is 3. The van der Waals surface area contributed by atoms with Crippen LogP contribution in [0.5, 0.6) is 0 Å². The average Bonchev–Trinajstić information content (AvgIpc) is 2.49. The third kappa shape index (κ3) is 6.65. The summed E-state index contributed by atoms with van der Waals surface area (Å²) in [6.07, 6.45) is 0.349. The van der Waals surface area contributed by atoms with E-state index < -0.39 is 0 Å². The summed E-state index contributed by atoms with van der Waals surface area (Å²) in [4.78, 5) is 13.9. The van der Waals surface area contributed by atoms with E-state index in [0.29, 0.717) is 32.0 Å². The summed E-state index contributed by atoms with van der Waals surface area (Å²) in [5, 5.41) is 14.4. The highest BCUT2D eigenvalue weighted by atomic mass is 16.4. The van der Waals surface area contributed by atoms with Crippen LogP contribution in [0.4, 0.5) is 4.79 Å². The smallest absolute Gasteiger partial charge is 0.317 e. The van der Waals surface area contributed by atoms with Crippen molar-refractivity contribution in [2.75, 3.05) is 13.1 Å². The third-order valence-corrected chi connectivity index (χ3v) is 2.93. The van der Waals surface area contributed by atoms with Gasteiger partial charge in [0.1, 0.15) is 5.84 Å². The SMILES string of the molecule is CC(C)CN(CC/C(N)=N/O)C(=O)NCc1ccccc1. The van der Waals surface area contributed by atoms with Crippen LogP contribution in [0.2, 0.25) is 0 Å². The van der Waals surface area contributed by atoms with Crippen LogP contribution in [0.25, 0.3) is 0 Å². The van der Waals surface area contributed by atoms with Crippen LogP contribution in [-0.2, 0) is 6.54 Å². The lowest BCUT2D eigenvalue weighted by Gasteiger charge is -2.24. The van der Waals surface area contributed by atoms with Gasteiger partial charge in [-0.05, 0) is 11.5 Å². The summed E-state index contributed by atoms with van der Waals surface area (Å²) in [5.41, 5.74) is 6.51. The Morgan fingerprint density at radius 2 is 2.05 bits per heavy atom. The molecule has 4 N–H and O–H groups in total. The lowest BCUT2D eigenvalue weighted by Crippen LogP contribution is -2.43. The average molecular weight is 292 g/mol. The van der Waals surface area contributed by atoms with Crippen molar-refractivity contribution in [2.45, 2.75) is 26.8 Å². The maximum atomic E-state index is 12.2. The second-order valence-corrected chi connectivity index (χ2v) is 5.33. The van der Waals surface area contributed by atoms with Gasteiger partial charge in [-0.25, -0.2) is 4.79 Å². The quantitative estimate of drug-likeness (QED) is 0.311. The first-order valence-corrected chi connectivity index (χ1v) is 7.06. The number of carbonyl (C=O) groups excluding carboxylic acids is 1. The molecule has 0 radical (unpaired) electrons. The van der Waals surface area contributed by atoms with Crippen LogP contribution in [0.3, 0.4) is 0 Å². The zero-order chi connectivity index (χ0) is 15.7. The number of nitrogens with zero attached hydrogens (tertiary/aromatic N) is 2. The summed E-state index contributed by atoms with van der Waals surface area (Å²) in [7, 11) is 0. The van der Waals surface area contributed by atoms with Crippen molar-refractivity contribution in [1.29, 1.82) is 0 Å². The fourth-order valence-corrected chi connectivity index (χ4v) is 1.90. The largest absolute Gasteiger partial charge is 0.409 e. The number of nitrogens with one attached hydrogen (secondary N) is 1. The van der Waals surface area contributed by atoms with Crippen molar-refractivity contribution >= 4 is 11.9 Å². The number of rotatable bonds is 7. The molecule has 0 aliphatic carbocycles. The predicted molar refractivity (Wildman–Crippen MR) is 83.1 cm³/mol. The van der Waals surface area contributed by atoms with Crippen LogP contribution < -0.4 is 11.1 Å². The first-order chi connectivity index (χ1) is 10.0. The summed E-state index contributed by atoms with van der Waals surface area (Å²) in [6.45, 7) is 5.62. The van der Waals surface area contributed by atoms with Crippen molar-refractivity contribution in [3.8, 4) is 0 Å². The third-order valence-electron chi connectivity index (χ3n) is 2.93. The molecule has 0 atom stereocenters. The van der Waals surface area contributed by atoms with Gasteiger partial charge in [0.2, 0.25) is 0 Å². The number of amides is 2. The maximum absolute atomic E-state index is 12.2. The molecule has 0 unspecified atom stereocenters. The predicted octanol–water partition coefficient (Wildman–Crippen LogP) is 1.99. The van der Waals surface area contributed by atoms with Crippen molar-refractivity contribution in [3.63, 3.8) is 0 Å². The van der Waals surface area contributed by atoms with Crippen molar-refractivity contribution in [1.82, 2.24) is 10.2 Å². The Labute approximate surface area is 125 Å². The lowest BCUT2D eigenvalue weighted by molar-refractivity contribution is 0.191. The Kier molecular flexibility index (Phi) is 7.08. The van der Waals surface area contributed by atoms with Crippen LogP contribution in [0, 0.1) is 5.92 Å². The van der Waals surface area contributed by atoms with E-state index in [1.54, 1.807) is 4.90 Å². The van der Waals surface area contributed by atoms with E-state index in [1.165, 1.54) is 0 Å². The highest BCUT2D eigenvalue weighted by Crippen LogP contribution is 2.03. The lowest BCUT2D eigenvalue weighted by atomic mass is 10.2. The molecule has 0 aliphatic heterocycles. The Morgan fingerprint density at radius 3 is 2.62 bits per heavy atom. The zero-order valence-electron chi connectivity index (χ0n) is 12.6. The molecule has 6 heteroatoms. The molecular formula is C15H24N4O2. The van der Waals surface area contributed by atoms with Crippen LogP contribution in [0.15, 0.2) is 35.5 Å². The van der Waals surface area contributed by atoms with Gasteiger partial charge in [-0.2, -0.15) is 0 Å². The van der Waals surface area contributed by atoms with Crippen molar-refractivity contribution < 1.29 is 10.0 Å². The topological polar surface area (TPSA) is 90.9 Å². The highest BCUT2D eigenvalue weighted by Gasteiger charge is 2.15. The van der Waals surface area contributed by atoms with Crippen LogP contribution >= 0.6 is 0 Å². The number of amidine groups is 1. The Hall–Kier alpha value is -2.24. The molecule has 1 aromatic carbocycles. The number of nitrogens with two attached hydrogens (primary N) is 1. The molecule has 0 aromatic heterocycles. The molecule has 116 valence electrons. The molecule has 1 aromatic rings. The van der Waals surface area contributed by atoms with Gasteiger partial charge in [0.25, 0.3) is 0 Å². The minimum atomic E-state index is -0.140. The van der Waals surface area contributed by atoms with Gasteiger partial charge in [0, 0.05) is 26.1 Å². The summed E-state index contributed by atoms with van der Waals surface area (Å²) >= 11 is 0. The molecule has 0 saturated carbocycles. The van der Waals surface area contributed by atoms with Gasteiger partial charge in [0.05, 0.1) is 0 Å². The first kappa shape index (κ1) is 16.8. The normalized spacial score (nSPS) is 11.5. The van der Waals surface area contributed by atoms with E-state index in [2.05, 4.69) is 10.5 Å². The van der Waals surface area contributed by atoms with E-state index in [0.717, 1.165) is 5.56 Å². The minimum Gasteiger partial charge on any atom is -0.409 e. The fourth-order valence-electron chi connectivity index (χ4n) is 1.90. The molecule has 0 heterocycles. The van der Waals surface area contributed by atoms with Crippen LogP contribution in [-0.4, -0.2) is 35.1 Å². The van der Waals surface area contributed by atoms with E-state index in [-0.39, 0.29) is 11.9 Å². The zero-order valence-corrected chi connectivity index (χ0v) is 12.6. The molecule has 21 heavy (non-hydrogen) atoms. The second kappa shape index (κ2) is 8.84. The standard InChI is InChI=1S/C15H24N4O2/c1-12(2)11-19(9-8-14(16)18-21)15(20)17-10-13-6-4-3-5-7-13/h3-7,12,21H,8-11H2,1-2H3,(H2,16,18)(H,17,20). The fraction of sp³-hybridized carbons (Fsp3) is 0.467. The first-order valence-electron chi connectivity index (χ1n) is 7.06. The van der Waals surface area contributed by atoms with Gasteiger partial charge in [-0.3, -0.25) is 0 Å². The van der Waals surface area contributed by atoms with Crippen molar-refractivity contribution in [2.24, 2.45) is 16.8 Å². The summed E-state index contributed by atoms with van der Waals surface area (Å²) in [6, 6.07) is 9.59. The van der Waals surface area contributed by atoms with Gasteiger partial charge >= 0.3 is 6.03 Å². The molecular weight excluding hydrogens is 268 g/mol. The summed E-state index contributed by atoms with van der Waals surface area (Å²) < 4.78 is 0. The Balaban J connectivity index is 2.54. The molecule has 0 saturated heterocycles. The maximum Gasteiger partial charge on any atom is 0.317 e. The monoisotopic (exact) mass is 292 g/mol. The van der Waals surface area contributed by atoms with Crippen molar-refractivity contribution in [3.05, 3.63) is 35.9 Å². The van der Waals surface area contributed by atoms with E-state index >= 15 is 0 Å². The Morgan fingerprint density at radius 1 is 1.38 bits per heavy atom. The molecule has 0 fully saturated rings. The number of hydrogen-bond donors (Lipinski definition) is 3. The van der Waals surface area contributed by atoms with Gasteiger partial charge in [0.15, 0.2) is 0 Å². The number of benzene rings is 1. The van der Waals surface area contributed by atoms with Gasteiger partial charge in [-0.1, -0.05) is 49.3 Å². The highest BCUT2D eigenvalue weighted by molar-refractivity contribution is 5.81. The second-order valence-electron chi connectivity index (χ2n) is 5.33. The van der Waals surface area contributed by atoms with E-state index in [1.807, 2.05) is 44.2 Å². The molecule has 2 amide bonds. The van der Waals surface area contributed by atoms with Crippen LogP contribution in [0.1, 0.15) is 25.8 Å². The minimum absolute atomic E-state index is 0.125. The number of carbonyl (C=O) groups is 1. The van der Waals surface area contributed by atoms with Gasteiger partial charge in [-0.15, -0.1) is 0 Å². The van der Waals surface area contributed by atoms with Gasteiger partial charge < -0.3 is 21.2 Å². The van der Waals surface area contributed by atoms with E-state index in [9.17, 15) is 4.79 Å². The molecule has 1 rings (SSSR count). The van der Waals surface area contributed by atoms with E-state index in [4.69, 9.17) is 10.9 Å². The molecule has 6 nitrogen and oxygen atoms in total. The molecule has 0 aliphatic rings. The number of oxime groups is 1. The summed E-state index contributed by atoms with van der Waals surface area (Å²) in [5.74, 6) is 0.472. The number of urea groups is 1.